The zero-order valence-electron chi connectivity index (χ0n) is 14.5. The fraction of sp³-hybridized carbons (Fsp3) is 0.529. The summed E-state index contributed by atoms with van der Waals surface area (Å²) in [6, 6.07) is 5.27. The zero-order chi connectivity index (χ0) is 18.5. The summed E-state index contributed by atoms with van der Waals surface area (Å²) in [5.41, 5.74) is 0.765. The van der Waals surface area contributed by atoms with Crippen LogP contribution in [0.4, 0.5) is 5.69 Å². The van der Waals surface area contributed by atoms with E-state index in [2.05, 4.69) is 4.99 Å². The van der Waals surface area contributed by atoms with Gasteiger partial charge in [-0.3, -0.25) is 4.79 Å². The predicted molar refractivity (Wildman–Crippen MR) is 101 cm³/mol. The standard InChI is InChI=1S/C17H20N2O5S2/c1-10(2)16(20)18-17-19(12-8-26(21,22)9-15(12)25-17)11-3-4-13-14(7-11)24-6-5-23-13/h3-4,7,10,12,15H,5-6,8-9H2,1-2H3/t12-,15-/m1/s1. The van der Waals surface area contributed by atoms with Crippen LogP contribution in [0.15, 0.2) is 23.2 Å². The molecule has 1 amide bonds. The first kappa shape index (κ1) is 17.7. The minimum atomic E-state index is -3.09. The molecule has 0 spiro atoms. The van der Waals surface area contributed by atoms with Crippen molar-refractivity contribution in [1.82, 2.24) is 0 Å². The lowest BCUT2D eigenvalue weighted by atomic mass is 10.2. The number of anilines is 1. The Kier molecular flexibility index (Phi) is 4.38. The molecule has 2 atom stereocenters. The molecule has 3 aliphatic heterocycles. The van der Waals surface area contributed by atoms with Gasteiger partial charge in [0.1, 0.15) is 13.2 Å². The zero-order valence-corrected chi connectivity index (χ0v) is 16.2. The van der Waals surface area contributed by atoms with Crippen LogP contribution in [-0.2, 0) is 14.6 Å². The van der Waals surface area contributed by atoms with Gasteiger partial charge in [-0.05, 0) is 12.1 Å². The Morgan fingerprint density at radius 3 is 2.69 bits per heavy atom. The summed E-state index contributed by atoms with van der Waals surface area (Å²) in [4.78, 5) is 18.3. The van der Waals surface area contributed by atoms with Crippen molar-refractivity contribution < 1.29 is 22.7 Å². The Morgan fingerprint density at radius 2 is 1.96 bits per heavy atom. The number of amidine groups is 1. The molecule has 0 aromatic heterocycles. The number of rotatable bonds is 2. The van der Waals surface area contributed by atoms with Crippen LogP contribution in [0.25, 0.3) is 0 Å². The second-order valence-corrected chi connectivity index (χ2v) is 10.2. The highest BCUT2D eigenvalue weighted by Gasteiger charge is 2.49. The third-order valence-corrected chi connectivity index (χ3v) is 7.78. The van der Waals surface area contributed by atoms with Crippen LogP contribution in [0.2, 0.25) is 0 Å². The van der Waals surface area contributed by atoms with Gasteiger partial charge < -0.3 is 14.4 Å². The van der Waals surface area contributed by atoms with Crippen molar-refractivity contribution >= 4 is 38.4 Å². The molecule has 0 saturated carbocycles. The molecule has 9 heteroatoms. The SMILES string of the molecule is CC(C)C(=O)N=C1S[C@@H]2CS(=O)(=O)C[C@H]2N1c1ccc2c(c1)OCCO2. The van der Waals surface area contributed by atoms with E-state index in [9.17, 15) is 13.2 Å². The average Bonchev–Trinajstić information content (AvgIpc) is 3.05. The summed E-state index contributed by atoms with van der Waals surface area (Å²) in [6.45, 7) is 4.57. The highest BCUT2D eigenvalue weighted by molar-refractivity contribution is 8.16. The monoisotopic (exact) mass is 396 g/mol. The van der Waals surface area contributed by atoms with Crippen molar-refractivity contribution in [3.05, 3.63) is 18.2 Å². The quantitative estimate of drug-likeness (QED) is 0.752. The number of carbonyl (C=O) groups excluding carboxylic acids is 1. The van der Waals surface area contributed by atoms with Crippen LogP contribution in [0.1, 0.15) is 13.8 Å². The van der Waals surface area contributed by atoms with Crippen LogP contribution in [0, 0.1) is 5.92 Å². The van der Waals surface area contributed by atoms with E-state index in [1.807, 2.05) is 23.1 Å². The van der Waals surface area contributed by atoms with Crippen molar-refractivity contribution in [2.45, 2.75) is 25.1 Å². The molecule has 1 aromatic carbocycles. The van der Waals surface area contributed by atoms with E-state index < -0.39 is 9.84 Å². The lowest BCUT2D eigenvalue weighted by molar-refractivity contribution is -0.120. The van der Waals surface area contributed by atoms with Gasteiger partial charge >= 0.3 is 0 Å². The maximum Gasteiger partial charge on any atom is 0.250 e. The van der Waals surface area contributed by atoms with Gasteiger partial charge in [0.05, 0.1) is 17.5 Å². The van der Waals surface area contributed by atoms with E-state index in [-0.39, 0.29) is 34.6 Å². The van der Waals surface area contributed by atoms with E-state index in [4.69, 9.17) is 9.47 Å². The molecule has 3 aliphatic rings. The maximum absolute atomic E-state index is 12.2. The Bertz CT molecular complexity index is 881. The summed E-state index contributed by atoms with van der Waals surface area (Å²) in [5.74, 6) is 1.04. The molecule has 1 aromatic rings. The topological polar surface area (TPSA) is 85.3 Å². The Balaban J connectivity index is 1.74. The van der Waals surface area contributed by atoms with Gasteiger partial charge in [0.25, 0.3) is 5.91 Å². The number of carbonyl (C=O) groups is 1. The predicted octanol–water partition coefficient (Wildman–Crippen LogP) is 1.72. The summed E-state index contributed by atoms with van der Waals surface area (Å²) in [6.07, 6.45) is 0. The molecule has 0 aliphatic carbocycles. The van der Waals surface area contributed by atoms with Gasteiger partial charge in [0.15, 0.2) is 26.5 Å². The van der Waals surface area contributed by atoms with Gasteiger partial charge in [-0.2, -0.15) is 4.99 Å². The van der Waals surface area contributed by atoms with E-state index in [1.54, 1.807) is 13.8 Å². The molecule has 0 N–H and O–H groups in total. The highest BCUT2D eigenvalue weighted by atomic mass is 32.2. The molecule has 0 unspecified atom stereocenters. The number of aliphatic imine (C=N–C) groups is 1. The number of benzene rings is 1. The molecule has 4 rings (SSSR count). The number of nitrogens with zero attached hydrogens (tertiary/aromatic N) is 2. The van der Waals surface area contributed by atoms with Crippen molar-refractivity contribution in [2.75, 3.05) is 29.6 Å². The van der Waals surface area contributed by atoms with Crippen molar-refractivity contribution in [2.24, 2.45) is 10.9 Å². The molecule has 26 heavy (non-hydrogen) atoms. The van der Waals surface area contributed by atoms with Gasteiger partial charge in [-0.1, -0.05) is 25.6 Å². The summed E-state index contributed by atoms with van der Waals surface area (Å²) < 4.78 is 35.4. The van der Waals surface area contributed by atoms with E-state index >= 15 is 0 Å². The van der Waals surface area contributed by atoms with Crippen LogP contribution < -0.4 is 14.4 Å². The number of thioether (sulfide) groups is 1. The van der Waals surface area contributed by atoms with Gasteiger partial charge in [-0.15, -0.1) is 0 Å². The number of sulfone groups is 1. The summed E-state index contributed by atoms with van der Waals surface area (Å²) in [5, 5.41) is 0.442. The fourth-order valence-electron chi connectivity index (χ4n) is 3.27. The lowest BCUT2D eigenvalue weighted by Gasteiger charge is -2.26. The van der Waals surface area contributed by atoms with Gasteiger partial charge in [0.2, 0.25) is 0 Å². The molecule has 140 valence electrons. The second kappa shape index (κ2) is 6.45. The molecule has 0 radical (unpaired) electrons. The number of hydrogen-bond donors (Lipinski definition) is 0. The van der Waals surface area contributed by atoms with Crippen molar-refractivity contribution in [1.29, 1.82) is 0 Å². The summed E-state index contributed by atoms with van der Waals surface area (Å²) >= 11 is 1.37. The third-order valence-electron chi connectivity index (χ3n) is 4.57. The molecular weight excluding hydrogens is 376 g/mol. The van der Waals surface area contributed by atoms with Crippen LogP contribution in [0.3, 0.4) is 0 Å². The molecular formula is C17H20N2O5S2. The highest BCUT2D eigenvalue weighted by Crippen LogP contribution is 2.43. The summed E-state index contributed by atoms with van der Waals surface area (Å²) in [7, 11) is -3.09. The van der Waals surface area contributed by atoms with Crippen LogP contribution >= 0.6 is 11.8 Å². The Labute approximate surface area is 156 Å². The maximum atomic E-state index is 12.2. The molecule has 2 saturated heterocycles. The second-order valence-electron chi connectivity index (χ2n) is 6.89. The average molecular weight is 396 g/mol. The smallest absolute Gasteiger partial charge is 0.250 e. The van der Waals surface area contributed by atoms with Gasteiger partial charge in [0, 0.05) is 22.9 Å². The molecule has 7 nitrogen and oxygen atoms in total. The normalized spacial score (nSPS) is 27.8. The fourth-order valence-corrected chi connectivity index (χ4v) is 7.19. The number of ether oxygens (including phenoxy) is 2. The molecule has 3 heterocycles. The minimum Gasteiger partial charge on any atom is -0.486 e. The Hall–Kier alpha value is -1.74. The first-order valence-electron chi connectivity index (χ1n) is 8.52. The number of fused-ring (bicyclic) bond motifs is 2. The first-order valence-corrected chi connectivity index (χ1v) is 11.2. The van der Waals surface area contributed by atoms with E-state index in [0.717, 1.165) is 5.69 Å². The van der Waals surface area contributed by atoms with Crippen LogP contribution in [0.5, 0.6) is 11.5 Å². The minimum absolute atomic E-state index is 0.0635. The number of hydrogen-bond acceptors (Lipinski definition) is 6. The largest absolute Gasteiger partial charge is 0.486 e. The van der Waals surface area contributed by atoms with Crippen LogP contribution in [-0.4, -0.2) is 55.5 Å². The number of amides is 1. The lowest BCUT2D eigenvalue weighted by Crippen LogP contribution is -2.38. The molecule has 2 fully saturated rings. The third kappa shape index (κ3) is 3.18. The molecule has 0 bridgehead atoms. The Morgan fingerprint density at radius 1 is 1.23 bits per heavy atom. The van der Waals surface area contributed by atoms with Crippen molar-refractivity contribution in [3.63, 3.8) is 0 Å². The first-order chi connectivity index (χ1) is 12.3. The van der Waals surface area contributed by atoms with E-state index in [0.29, 0.717) is 29.9 Å². The van der Waals surface area contributed by atoms with Gasteiger partial charge in [-0.25, -0.2) is 8.42 Å². The van der Waals surface area contributed by atoms with E-state index in [1.165, 1.54) is 11.8 Å². The van der Waals surface area contributed by atoms with Crippen molar-refractivity contribution in [3.8, 4) is 11.5 Å².